The highest BCUT2D eigenvalue weighted by molar-refractivity contribution is 7.09. The normalized spacial score (nSPS) is 12.2. The summed E-state index contributed by atoms with van der Waals surface area (Å²) in [6.45, 7) is 7.67. The molecule has 0 aliphatic carbocycles. The van der Waals surface area contributed by atoms with Gasteiger partial charge in [-0.15, -0.1) is 11.3 Å². The molecule has 0 aliphatic rings. The van der Waals surface area contributed by atoms with Gasteiger partial charge in [0.2, 0.25) is 5.91 Å². The van der Waals surface area contributed by atoms with Crippen LogP contribution < -0.4 is 11.1 Å². The van der Waals surface area contributed by atoms with Gasteiger partial charge in [-0.05, 0) is 45.4 Å². The van der Waals surface area contributed by atoms with Gasteiger partial charge in [-0.2, -0.15) is 0 Å². The Morgan fingerprint density at radius 3 is 2.46 bits per heavy atom. The molecule has 24 heavy (non-hydrogen) atoms. The Labute approximate surface area is 146 Å². The highest BCUT2D eigenvalue weighted by Crippen LogP contribution is 2.33. The first-order valence-electron chi connectivity index (χ1n) is 7.87. The van der Waals surface area contributed by atoms with Crippen molar-refractivity contribution >= 4 is 22.9 Å². The number of aliphatic hydroxyl groups excluding tert-OH is 1. The molecule has 0 fully saturated rings. The number of carbonyl (C=O) groups excluding carboxylic acids is 1. The summed E-state index contributed by atoms with van der Waals surface area (Å²) < 4.78 is 0. The van der Waals surface area contributed by atoms with Gasteiger partial charge < -0.3 is 16.2 Å². The largest absolute Gasteiger partial charge is 0.399 e. The van der Waals surface area contributed by atoms with E-state index in [4.69, 9.17) is 5.73 Å². The van der Waals surface area contributed by atoms with Crippen LogP contribution in [0, 0.1) is 0 Å². The second kappa shape index (κ2) is 6.91. The second-order valence-electron chi connectivity index (χ2n) is 7.16. The summed E-state index contributed by atoms with van der Waals surface area (Å²) in [4.78, 5) is 16.7. The average Bonchev–Trinajstić information content (AvgIpc) is 2.96. The SMILES string of the molecule is CC(C)(CO)NC(=O)Cc1csc(C(C)(C)c2ccc(N)cc2)n1. The average molecular weight is 347 g/mol. The maximum absolute atomic E-state index is 12.1. The molecule has 5 nitrogen and oxygen atoms in total. The fraction of sp³-hybridized carbons (Fsp3) is 0.444. The Balaban J connectivity index is 2.12. The molecular weight excluding hydrogens is 322 g/mol. The van der Waals surface area contributed by atoms with Crippen LogP contribution in [0.3, 0.4) is 0 Å². The number of hydrogen-bond acceptors (Lipinski definition) is 5. The molecule has 0 saturated heterocycles. The van der Waals surface area contributed by atoms with Crippen LogP contribution >= 0.6 is 11.3 Å². The Bertz CT molecular complexity index is 705. The van der Waals surface area contributed by atoms with Gasteiger partial charge >= 0.3 is 0 Å². The zero-order valence-corrected chi connectivity index (χ0v) is 15.4. The predicted octanol–water partition coefficient (Wildman–Crippen LogP) is 2.48. The summed E-state index contributed by atoms with van der Waals surface area (Å²) in [5, 5.41) is 14.9. The number of nitrogens with one attached hydrogen (secondary N) is 1. The van der Waals surface area contributed by atoms with Crippen molar-refractivity contribution in [2.24, 2.45) is 0 Å². The van der Waals surface area contributed by atoms with E-state index in [1.54, 1.807) is 25.2 Å². The topological polar surface area (TPSA) is 88.2 Å². The van der Waals surface area contributed by atoms with Gasteiger partial charge in [0.25, 0.3) is 0 Å². The molecule has 0 spiro atoms. The monoisotopic (exact) mass is 347 g/mol. The molecule has 1 heterocycles. The number of nitrogens with zero attached hydrogens (tertiary/aromatic N) is 1. The molecule has 0 saturated carbocycles. The van der Waals surface area contributed by atoms with Gasteiger partial charge in [0.05, 0.1) is 24.3 Å². The van der Waals surface area contributed by atoms with Gasteiger partial charge in [0.15, 0.2) is 0 Å². The van der Waals surface area contributed by atoms with Crippen LogP contribution in [0.1, 0.15) is 44.0 Å². The first kappa shape index (κ1) is 18.4. The standard InChI is InChI=1S/C18H25N3O2S/c1-17(2,11-22)21-15(23)9-14-10-24-16(20-14)18(3,4)12-5-7-13(19)8-6-12/h5-8,10,22H,9,11,19H2,1-4H3,(H,21,23). The van der Waals surface area contributed by atoms with Crippen molar-refractivity contribution in [3.8, 4) is 0 Å². The molecule has 4 N–H and O–H groups in total. The lowest BCUT2D eigenvalue weighted by Crippen LogP contribution is -2.46. The number of aliphatic hydroxyl groups is 1. The van der Waals surface area contributed by atoms with Crippen LogP contribution in [0.4, 0.5) is 5.69 Å². The zero-order valence-electron chi connectivity index (χ0n) is 14.6. The van der Waals surface area contributed by atoms with Crippen molar-refractivity contribution in [1.29, 1.82) is 0 Å². The van der Waals surface area contributed by atoms with Crippen LogP contribution in [-0.4, -0.2) is 28.1 Å². The highest BCUT2D eigenvalue weighted by Gasteiger charge is 2.27. The fourth-order valence-electron chi connectivity index (χ4n) is 2.32. The van der Waals surface area contributed by atoms with Gasteiger partial charge in [0, 0.05) is 16.5 Å². The van der Waals surface area contributed by atoms with E-state index in [0.717, 1.165) is 22.0 Å². The number of thiazole rings is 1. The number of amides is 1. The quantitative estimate of drug-likeness (QED) is 0.701. The van der Waals surface area contributed by atoms with Crippen molar-refractivity contribution in [1.82, 2.24) is 10.3 Å². The lowest BCUT2D eigenvalue weighted by Gasteiger charge is -2.23. The molecule has 2 aromatic rings. The smallest absolute Gasteiger partial charge is 0.226 e. The van der Waals surface area contributed by atoms with Crippen LogP contribution in [0.15, 0.2) is 29.6 Å². The third kappa shape index (κ3) is 4.33. The summed E-state index contributed by atoms with van der Waals surface area (Å²) in [7, 11) is 0. The maximum Gasteiger partial charge on any atom is 0.226 e. The lowest BCUT2D eigenvalue weighted by molar-refractivity contribution is -0.122. The lowest BCUT2D eigenvalue weighted by atomic mass is 9.85. The molecule has 0 radical (unpaired) electrons. The van der Waals surface area contributed by atoms with E-state index in [9.17, 15) is 9.90 Å². The number of carbonyl (C=O) groups is 1. The van der Waals surface area contributed by atoms with Gasteiger partial charge in [-0.3, -0.25) is 4.79 Å². The van der Waals surface area contributed by atoms with Crippen molar-refractivity contribution in [3.05, 3.63) is 45.9 Å². The summed E-state index contributed by atoms with van der Waals surface area (Å²) in [5.41, 5.74) is 7.48. The van der Waals surface area contributed by atoms with Crippen LogP contribution in [-0.2, 0) is 16.6 Å². The molecule has 130 valence electrons. The number of nitrogens with two attached hydrogens (primary N) is 1. The van der Waals surface area contributed by atoms with E-state index in [2.05, 4.69) is 24.1 Å². The molecule has 1 amide bonds. The molecule has 0 bridgehead atoms. The van der Waals surface area contributed by atoms with Crippen LogP contribution in [0.25, 0.3) is 0 Å². The van der Waals surface area contributed by atoms with E-state index >= 15 is 0 Å². The first-order valence-corrected chi connectivity index (χ1v) is 8.75. The van der Waals surface area contributed by atoms with Crippen molar-refractivity contribution in [2.75, 3.05) is 12.3 Å². The van der Waals surface area contributed by atoms with E-state index in [1.807, 2.05) is 29.6 Å². The number of rotatable bonds is 6. The molecule has 6 heteroatoms. The number of anilines is 1. The summed E-state index contributed by atoms with van der Waals surface area (Å²) in [5.74, 6) is -0.142. The minimum Gasteiger partial charge on any atom is -0.399 e. The third-order valence-electron chi connectivity index (χ3n) is 3.93. The number of aromatic nitrogens is 1. The molecule has 2 rings (SSSR count). The highest BCUT2D eigenvalue weighted by atomic mass is 32.1. The van der Waals surface area contributed by atoms with Gasteiger partial charge in [-0.25, -0.2) is 4.98 Å². The molecule has 1 aromatic heterocycles. The second-order valence-corrected chi connectivity index (χ2v) is 8.02. The van der Waals surface area contributed by atoms with E-state index < -0.39 is 5.54 Å². The van der Waals surface area contributed by atoms with E-state index in [0.29, 0.717) is 0 Å². The number of hydrogen-bond donors (Lipinski definition) is 3. The number of benzene rings is 1. The molecule has 0 atom stereocenters. The predicted molar refractivity (Wildman–Crippen MR) is 98.1 cm³/mol. The Morgan fingerprint density at radius 1 is 1.25 bits per heavy atom. The van der Waals surface area contributed by atoms with Crippen molar-refractivity contribution < 1.29 is 9.90 Å². The summed E-state index contributed by atoms with van der Waals surface area (Å²) in [6.07, 6.45) is 0.206. The maximum atomic E-state index is 12.1. The van der Waals surface area contributed by atoms with E-state index in [-0.39, 0.29) is 24.3 Å². The van der Waals surface area contributed by atoms with Gasteiger partial charge in [-0.1, -0.05) is 12.1 Å². The van der Waals surface area contributed by atoms with Crippen molar-refractivity contribution in [2.45, 2.75) is 45.1 Å². The zero-order chi connectivity index (χ0) is 18.0. The van der Waals surface area contributed by atoms with Gasteiger partial charge in [0.1, 0.15) is 5.01 Å². The Kier molecular flexibility index (Phi) is 5.30. The Hall–Kier alpha value is -1.92. The van der Waals surface area contributed by atoms with Crippen molar-refractivity contribution in [3.63, 3.8) is 0 Å². The summed E-state index contributed by atoms with van der Waals surface area (Å²) in [6, 6.07) is 7.78. The Morgan fingerprint density at radius 2 is 1.88 bits per heavy atom. The molecular formula is C18H25N3O2S. The van der Waals surface area contributed by atoms with E-state index in [1.165, 1.54) is 0 Å². The fourth-order valence-corrected chi connectivity index (χ4v) is 3.29. The first-order chi connectivity index (χ1) is 11.1. The molecule has 1 aromatic carbocycles. The summed E-state index contributed by atoms with van der Waals surface area (Å²) >= 11 is 1.55. The van der Waals surface area contributed by atoms with Crippen LogP contribution in [0.2, 0.25) is 0 Å². The number of nitrogen functional groups attached to an aromatic ring is 1. The molecule has 0 unspecified atom stereocenters. The third-order valence-corrected chi connectivity index (χ3v) is 5.15. The molecule has 0 aliphatic heterocycles. The minimum absolute atomic E-state index is 0.106. The van der Waals surface area contributed by atoms with Crippen LogP contribution in [0.5, 0.6) is 0 Å². The minimum atomic E-state index is -0.626.